The summed E-state index contributed by atoms with van der Waals surface area (Å²) in [6.45, 7) is 4.08. The molecule has 72 valence electrons. The van der Waals surface area contributed by atoms with Crippen molar-refractivity contribution in [3.05, 3.63) is 47.8 Å². The van der Waals surface area contributed by atoms with Crippen LogP contribution in [0.3, 0.4) is 0 Å². The number of rotatable bonds is 1. The quantitative estimate of drug-likeness (QED) is 0.703. The number of fused-ring (bicyclic) bond motifs is 1. The molecule has 2 heteroatoms. The first-order valence-electron chi connectivity index (χ1n) is 4.78. The van der Waals surface area contributed by atoms with Crippen molar-refractivity contribution in [3.8, 4) is 0 Å². The average molecular weight is 186 g/mol. The number of nitrogens with one attached hydrogen (secondary N) is 2. The third-order valence-corrected chi connectivity index (χ3v) is 2.26. The van der Waals surface area contributed by atoms with Crippen LogP contribution >= 0.6 is 0 Å². The Balaban J connectivity index is 2.36. The van der Waals surface area contributed by atoms with Gasteiger partial charge in [0.1, 0.15) is 0 Å². The zero-order chi connectivity index (χ0) is 9.97. The molecule has 2 N–H and O–H groups in total. The second-order valence-corrected chi connectivity index (χ2v) is 3.33. The summed E-state index contributed by atoms with van der Waals surface area (Å²) in [5.41, 5.74) is 4.55. The monoisotopic (exact) mass is 186 g/mol. The molecule has 1 aromatic rings. The van der Waals surface area contributed by atoms with E-state index in [9.17, 15) is 0 Å². The fourth-order valence-electron chi connectivity index (χ4n) is 1.54. The Morgan fingerprint density at radius 1 is 1.07 bits per heavy atom. The van der Waals surface area contributed by atoms with Crippen LogP contribution in [-0.2, 0) is 0 Å². The predicted octanol–water partition coefficient (Wildman–Crippen LogP) is 3.33. The van der Waals surface area contributed by atoms with Crippen molar-refractivity contribution in [1.29, 1.82) is 0 Å². The molecule has 0 amide bonds. The minimum Gasteiger partial charge on any atom is -0.356 e. The van der Waals surface area contributed by atoms with Crippen LogP contribution in [0.25, 0.3) is 0 Å². The third kappa shape index (κ3) is 1.51. The molecule has 0 aromatic heterocycles. The van der Waals surface area contributed by atoms with Crippen molar-refractivity contribution in [2.75, 3.05) is 10.6 Å². The highest BCUT2D eigenvalue weighted by Gasteiger charge is 2.10. The van der Waals surface area contributed by atoms with Crippen LogP contribution in [0.5, 0.6) is 0 Å². The molecule has 0 saturated heterocycles. The minimum atomic E-state index is 1.13. The summed E-state index contributed by atoms with van der Waals surface area (Å²) in [4.78, 5) is 0. The van der Waals surface area contributed by atoms with Gasteiger partial charge >= 0.3 is 0 Å². The van der Waals surface area contributed by atoms with Crippen LogP contribution in [-0.4, -0.2) is 0 Å². The lowest BCUT2D eigenvalue weighted by atomic mass is 10.2. The Labute approximate surface area is 84.3 Å². The summed E-state index contributed by atoms with van der Waals surface area (Å²) < 4.78 is 0. The first-order chi connectivity index (χ1) is 6.81. The van der Waals surface area contributed by atoms with Crippen LogP contribution in [0.1, 0.15) is 13.8 Å². The van der Waals surface area contributed by atoms with Gasteiger partial charge in [-0.15, -0.1) is 0 Å². The number of anilines is 2. The van der Waals surface area contributed by atoms with Gasteiger partial charge in [0.2, 0.25) is 0 Å². The van der Waals surface area contributed by atoms with Crippen molar-refractivity contribution < 1.29 is 0 Å². The molecular formula is C12H14N2. The van der Waals surface area contributed by atoms with E-state index in [0.29, 0.717) is 0 Å². The van der Waals surface area contributed by atoms with E-state index in [1.807, 2.05) is 25.1 Å². The summed E-state index contributed by atoms with van der Waals surface area (Å²) in [5.74, 6) is 0. The van der Waals surface area contributed by atoms with E-state index >= 15 is 0 Å². The molecular weight excluding hydrogens is 172 g/mol. The largest absolute Gasteiger partial charge is 0.356 e. The maximum atomic E-state index is 3.38. The van der Waals surface area contributed by atoms with Gasteiger partial charge in [0.25, 0.3) is 0 Å². The molecule has 2 rings (SSSR count). The molecule has 0 unspecified atom stereocenters. The van der Waals surface area contributed by atoms with Gasteiger partial charge in [-0.3, -0.25) is 0 Å². The fourth-order valence-corrected chi connectivity index (χ4v) is 1.54. The lowest BCUT2D eigenvalue weighted by Gasteiger charge is -2.22. The number of allylic oxidation sites excluding steroid dienone is 3. The number of para-hydroxylation sites is 2. The van der Waals surface area contributed by atoms with E-state index in [1.54, 1.807) is 0 Å². The normalized spacial score (nSPS) is 15.0. The van der Waals surface area contributed by atoms with Gasteiger partial charge in [-0.05, 0) is 32.1 Å². The first-order valence-corrected chi connectivity index (χ1v) is 4.78. The van der Waals surface area contributed by atoms with Crippen molar-refractivity contribution in [3.63, 3.8) is 0 Å². The maximum absolute atomic E-state index is 3.38. The molecule has 0 spiro atoms. The van der Waals surface area contributed by atoms with Gasteiger partial charge in [-0.2, -0.15) is 0 Å². The summed E-state index contributed by atoms with van der Waals surface area (Å²) >= 11 is 0. The topological polar surface area (TPSA) is 24.1 Å². The second-order valence-electron chi connectivity index (χ2n) is 3.33. The predicted molar refractivity (Wildman–Crippen MR) is 61.2 cm³/mol. The Kier molecular flexibility index (Phi) is 2.27. The molecule has 0 fully saturated rings. The van der Waals surface area contributed by atoms with E-state index in [0.717, 1.165) is 22.8 Å². The van der Waals surface area contributed by atoms with Gasteiger partial charge in [0.15, 0.2) is 0 Å². The molecule has 14 heavy (non-hydrogen) atoms. The molecule has 1 heterocycles. The molecule has 0 saturated carbocycles. The molecule has 1 aromatic carbocycles. The van der Waals surface area contributed by atoms with E-state index in [4.69, 9.17) is 0 Å². The Morgan fingerprint density at radius 3 is 2.36 bits per heavy atom. The summed E-state index contributed by atoms with van der Waals surface area (Å²) in [6, 6.07) is 8.19. The molecule has 1 aliphatic rings. The Bertz CT molecular complexity index is 403. The molecule has 1 aliphatic heterocycles. The lowest BCUT2D eigenvalue weighted by Crippen LogP contribution is -2.13. The molecule has 0 radical (unpaired) electrons. The van der Waals surface area contributed by atoms with E-state index in [2.05, 4.69) is 35.8 Å². The summed E-state index contributed by atoms with van der Waals surface area (Å²) in [7, 11) is 0. The highest BCUT2D eigenvalue weighted by atomic mass is 15.0. The smallest absolute Gasteiger partial charge is 0.0623 e. The van der Waals surface area contributed by atoms with Gasteiger partial charge in [-0.25, -0.2) is 0 Å². The summed E-state index contributed by atoms with van der Waals surface area (Å²) in [6.07, 6.45) is 4.10. The highest BCUT2D eigenvalue weighted by molar-refractivity contribution is 5.76. The van der Waals surface area contributed by atoms with Crippen LogP contribution in [0, 0.1) is 0 Å². The fraction of sp³-hybridized carbons (Fsp3) is 0.167. The Morgan fingerprint density at radius 2 is 1.71 bits per heavy atom. The number of hydrogen-bond acceptors (Lipinski definition) is 2. The van der Waals surface area contributed by atoms with E-state index in [-0.39, 0.29) is 0 Å². The molecule has 0 bridgehead atoms. The maximum Gasteiger partial charge on any atom is 0.0623 e. The van der Waals surface area contributed by atoms with Crippen LogP contribution in [0.15, 0.2) is 47.8 Å². The molecule has 0 aliphatic carbocycles. The van der Waals surface area contributed by atoms with Gasteiger partial charge in [-0.1, -0.05) is 18.2 Å². The second kappa shape index (κ2) is 3.58. The van der Waals surface area contributed by atoms with Gasteiger partial charge in [0, 0.05) is 5.70 Å². The van der Waals surface area contributed by atoms with Crippen molar-refractivity contribution in [2.24, 2.45) is 0 Å². The third-order valence-electron chi connectivity index (χ3n) is 2.26. The van der Waals surface area contributed by atoms with Gasteiger partial charge < -0.3 is 10.6 Å². The zero-order valence-corrected chi connectivity index (χ0v) is 8.46. The summed E-state index contributed by atoms with van der Waals surface area (Å²) in [5, 5.41) is 6.74. The number of hydrogen-bond donors (Lipinski definition) is 2. The van der Waals surface area contributed by atoms with Crippen LogP contribution < -0.4 is 10.6 Å². The minimum absolute atomic E-state index is 1.13. The van der Waals surface area contributed by atoms with E-state index < -0.39 is 0 Å². The highest BCUT2D eigenvalue weighted by Crippen LogP contribution is 2.29. The standard InChI is InChI=1S/C12H14N2/c1-3-6-10-9(2)13-11-7-4-5-8-12(11)14-10/h3-8,13-14H,1-2H3/b6-3-. The van der Waals surface area contributed by atoms with Gasteiger partial charge in [0.05, 0.1) is 17.1 Å². The SMILES string of the molecule is C/C=C\C1=C(C)Nc2ccccc2N1. The first kappa shape index (κ1) is 8.88. The van der Waals surface area contributed by atoms with Crippen molar-refractivity contribution >= 4 is 11.4 Å². The average Bonchev–Trinajstić information content (AvgIpc) is 2.19. The van der Waals surface area contributed by atoms with E-state index in [1.165, 1.54) is 0 Å². The van der Waals surface area contributed by atoms with Crippen molar-refractivity contribution in [1.82, 2.24) is 0 Å². The van der Waals surface area contributed by atoms with Crippen molar-refractivity contribution in [2.45, 2.75) is 13.8 Å². The zero-order valence-electron chi connectivity index (χ0n) is 8.46. The number of benzene rings is 1. The lowest BCUT2D eigenvalue weighted by molar-refractivity contribution is 1.25. The van der Waals surface area contributed by atoms with Crippen LogP contribution in [0.2, 0.25) is 0 Å². The molecule has 0 atom stereocenters. The van der Waals surface area contributed by atoms with Crippen LogP contribution in [0.4, 0.5) is 11.4 Å². The Hall–Kier alpha value is -1.70. The molecule has 2 nitrogen and oxygen atoms in total.